The number of benzene rings is 1. The third-order valence-electron chi connectivity index (χ3n) is 1.66. The van der Waals surface area contributed by atoms with Crippen LogP contribution in [0, 0.1) is 0 Å². The Hall–Kier alpha value is 0.230. The van der Waals surface area contributed by atoms with Crippen molar-refractivity contribution in [2.24, 2.45) is 0 Å². The van der Waals surface area contributed by atoms with Gasteiger partial charge in [-0.15, -0.1) is 0 Å². The van der Waals surface area contributed by atoms with Gasteiger partial charge in [-0.1, -0.05) is 66.2 Å². The number of halogens is 2. The van der Waals surface area contributed by atoms with Crippen LogP contribution >= 0.6 is 29.8 Å². The minimum Gasteiger partial charge on any atom is -0.0704 e. The number of rotatable bonds is 3. The summed E-state index contributed by atoms with van der Waals surface area (Å²) >= 11 is 9.47. The molecule has 73 valence electrons. The number of hydrogen-bond acceptors (Lipinski definition) is 0. The Bertz CT molecular complexity index is 189. The highest BCUT2D eigenvalue weighted by Gasteiger charge is 1.87. The number of aryl methyl sites for hydroxylation is 1. The van der Waals surface area contributed by atoms with Crippen LogP contribution in [0.5, 0.6) is 0 Å². The van der Waals surface area contributed by atoms with E-state index in [0.29, 0.717) is 7.29 Å². The highest BCUT2D eigenvalue weighted by molar-refractivity contribution is 7.90. The van der Waals surface area contributed by atoms with Crippen LogP contribution in [-0.2, 0) is 6.42 Å². The second kappa shape index (κ2) is 10.3. The van der Waals surface area contributed by atoms with Crippen molar-refractivity contribution in [2.75, 3.05) is 0 Å². The summed E-state index contributed by atoms with van der Waals surface area (Å²) in [4.78, 5) is 0. The lowest BCUT2D eigenvalue weighted by molar-refractivity contribution is 0.795. The fourth-order valence-electron chi connectivity index (χ4n) is 1.03. The monoisotopic (exact) mass is 235 g/mol. The van der Waals surface area contributed by atoms with E-state index in [9.17, 15) is 0 Å². The van der Waals surface area contributed by atoms with Crippen LogP contribution in [0.2, 0.25) is 0 Å². The van der Waals surface area contributed by atoms with E-state index in [-0.39, 0.29) is 0 Å². The van der Waals surface area contributed by atoms with Gasteiger partial charge >= 0.3 is 0 Å². The highest BCUT2D eigenvalue weighted by atomic mass is 35.9. The van der Waals surface area contributed by atoms with Gasteiger partial charge in [-0.25, -0.2) is 0 Å². The predicted molar refractivity (Wildman–Crippen MR) is 63.7 cm³/mol. The molecule has 0 atom stereocenters. The van der Waals surface area contributed by atoms with Crippen LogP contribution in [0.4, 0.5) is 0 Å². The summed E-state index contributed by atoms with van der Waals surface area (Å²) in [6.07, 6.45) is 3.83. The largest absolute Gasteiger partial charge is 0.141 e. The maximum Gasteiger partial charge on any atom is 0.141 e. The fourth-order valence-corrected chi connectivity index (χ4v) is 1.03. The Labute approximate surface area is 92.0 Å². The zero-order chi connectivity index (χ0) is 9.94. The summed E-state index contributed by atoms with van der Waals surface area (Å²) in [5, 5.41) is 0. The van der Waals surface area contributed by atoms with Crippen molar-refractivity contribution in [3.8, 4) is 0 Å². The van der Waals surface area contributed by atoms with Crippen LogP contribution in [0.3, 0.4) is 0 Å². The smallest absolute Gasteiger partial charge is 0.0704 e. The van der Waals surface area contributed by atoms with Gasteiger partial charge in [0.05, 0.1) is 0 Å². The van der Waals surface area contributed by atoms with E-state index in [1.165, 1.54) is 24.8 Å². The van der Waals surface area contributed by atoms with Gasteiger partial charge in [0.1, 0.15) is 7.29 Å². The van der Waals surface area contributed by atoms with Crippen LogP contribution in [-0.4, -0.2) is 0 Å². The Kier molecular flexibility index (Phi) is 10.5. The molecule has 0 heterocycles. The molecule has 0 N–H and O–H groups in total. The van der Waals surface area contributed by atoms with Crippen molar-refractivity contribution in [1.29, 1.82) is 0 Å². The Morgan fingerprint density at radius 2 is 1.69 bits per heavy atom. The van der Waals surface area contributed by atoms with Gasteiger partial charge in [-0.05, 0) is 18.4 Å². The van der Waals surface area contributed by atoms with E-state index < -0.39 is 0 Å². The topological polar surface area (TPSA) is 0 Å². The molecular formula is C10H14Cl2P. The molecule has 0 aliphatic rings. The molecule has 0 bridgehead atoms. The van der Waals surface area contributed by atoms with Gasteiger partial charge in [-0.3, -0.25) is 0 Å². The molecule has 0 saturated carbocycles. The molecule has 1 aromatic rings. The quantitative estimate of drug-likeness (QED) is 0.627. The molecule has 0 fully saturated rings. The minimum absolute atomic E-state index is 0.361. The summed E-state index contributed by atoms with van der Waals surface area (Å²) in [6.45, 7) is 2.23. The van der Waals surface area contributed by atoms with Gasteiger partial charge in [-0.2, -0.15) is 0 Å². The van der Waals surface area contributed by atoms with Crippen molar-refractivity contribution in [3.63, 3.8) is 0 Å². The van der Waals surface area contributed by atoms with Crippen LogP contribution in [0.25, 0.3) is 0 Å². The first-order valence-electron chi connectivity index (χ1n) is 4.31. The fraction of sp³-hybridized carbons (Fsp3) is 0.400. The van der Waals surface area contributed by atoms with Crippen molar-refractivity contribution < 1.29 is 0 Å². The molecule has 0 spiro atoms. The lowest BCUT2D eigenvalue weighted by Crippen LogP contribution is -1.81. The normalized spacial score (nSPS) is 8.85. The highest BCUT2D eigenvalue weighted by Crippen LogP contribution is 2.19. The predicted octanol–water partition coefficient (Wildman–Crippen LogP) is 5.27. The van der Waals surface area contributed by atoms with E-state index in [1.807, 2.05) is 0 Å². The maximum atomic E-state index is 4.74. The number of unbranched alkanes of at least 4 members (excludes halogenated alkanes) is 1. The Balaban J connectivity index is 0.000000424. The average molecular weight is 236 g/mol. The molecule has 0 aromatic heterocycles. The molecule has 0 nitrogen and oxygen atoms in total. The van der Waals surface area contributed by atoms with Crippen molar-refractivity contribution >= 4 is 29.8 Å². The van der Waals surface area contributed by atoms with Crippen molar-refractivity contribution in [1.82, 2.24) is 0 Å². The summed E-state index contributed by atoms with van der Waals surface area (Å²) in [5.74, 6) is 0. The Morgan fingerprint density at radius 3 is 2.15 bits per heavy atom. The van der Waals surface area contributed by atoms with Crippen molar-refractivity contribution in [3.05, 3.63) is 35.9 Å². The van der Waals surface area contributed by atoms with E-state index in [4.69, 9.17) is 22.5 Å². The molecular weight excluding hydrogens is 222 g/mol. The first kappa shape index (κ1) is 13.2. The van der Waals surface area contributed by atoms with Crippen molar-refractivity contribution in [2.45, 2.75) is 26.2 Å². The lowest BCUT2D eigenvalue weighted by atomic mass is 10.1. The van der Waals surface area contributed by atoms with E-state index in [2.05, 4.69) is 37.3 Å². The molecule has 0 unspecified atom stereocenters. The van der Waals surface area contributed by atoms with Crippen LogP contribution in [0.15, 0.2) is 30.3 Å². The van der Waals surface area contributed by atoms with Crippen LogP contribution < -0.4 is 0 Å². The van der Waals surface area contributed by atoms with Gasteiger partial charge in [0.25, 0.3) is 0 Å². The second-order valence-electron chi connectivity index (χ2n) is 2.65. The molecule has 0 amide bonds. The summed E-state index contributed by atoms with van der Waals surface area (Å²) in [7, 11) is 0.361. The summed E-state index contributed by atoms with van der Waals surface area (Å²) in [6, 6.07) is 10.6. The van der Waals surface area contributed by atoms with E-state index >= 15 is 0 Å². The summed E-state index contributed by atoms with van der Waals surface area (Å²) in [5.41, 5.74) is 1.46. The molecule has 1 rings (SSSR count). The van der Waals surface area contributed by atoms with Gasteiger partial charge in [0.15, 0.2) is 0 Å². The lowest BCUT2D eigenvalue weighted by Gasteiger charge is -1.96. The van der Waals surface area contributed by atoms with E-state index in [1.54, 1.807) is 0 Å². The molecule has 0 aliphatic heterocycles. The van der Waals surface area contributed by atoms with Crippen LogP contribution in [0.1, 0.15) is 25.3 Å². The minimum atomic E-state index is 0.361. The molecule has 0 aliphatic carbocycles. The first-order chi connectivity index (χ1) is 6.35. The molecule has 13 heavy (non-hydrogen) atoms. The molecule has 1 aromatic carbocycles. The zero-order valence-corrected chi connectivity index (χ0v) is 10.1. The van der Waals surface area contributed by atoms with Gasteiger partial charge in [0.2, 0.25) is 0 Å². The number of hydrogen-bond donors (Lipinski definition) is 0. The first-order valence-corrected chi connectivity index (χ1v) is 7.01. The van der Waals surface area contributed by atoms with E-state index in [0.717, 1.165) is 0 Å². The van der Waals surface area contributed by atoms with Gasteiger partial charge in [0, 0.05) is 0 Å². The van der Waals surface area contributed by atoms with Gasteiger partial charge < -0.3 is 0 Å². The molecule has 1 radical (unpaired) electrons. The average Bonchev–Trinajstić information content (AvgIpc) is 2.18. The second-order valence-corrected chi connectivity index (χ2v) is 4.31. The summed E-state index contributed by atoms with van der Waals surface area (Å²) < 4.78 is 0. The third-order valence-corrected chi connectivity index (χ3v) is 1.66. The Morgan fingerprint density at radius 1 is 1.15 bits per heavy atom. The zero-order valence-electron chi connectivity index (χ0n) is 7.71. The molecule has 0 saturated heterocycles. The maximum absolute atomic E-state index is 4.74. The standard InChI is InChI=1S/C10H14.Cl2P/c1-2-3-7-10-8-5-4-6-9-10;1-3-2/h4-6,8-9H,2-3,7H2,1H3;. The molecule has 3 heteroatoms. The SMILES string of the molecule is CCCCc1ccccc1.Cl[P]Cl. The third kappa shape index (κ3) is 8.56.